The lowest BCUT2D eigenvalue weighted by molar-refractivity contribution is -0.137. The Morgan fingerprint density at radius 2 is 1.83 bits per heavy atom. The Balaban J connectivity index is 1.89. The van der Waals surface area contributed by atoms with Gasteiger partial charge >= 0.3 is 6.09 Å². The van der Waals surface area contributed by atoms with Crippen molar-refractivity contribution < 1.29 is 19.1 Å². The summed E-state index contributed by atoms with van der Waals surface area (Å²) in [5.74, 6) is 0.0794. The van der Waals surface area contributed by atoms with Crippen LogP contribution < -0.4 is 0 Å². The molecule has 2 heterocycles. The van der Waals surface area contributed by atoms with E-state index in [0.717, 1.165) is 25.8 Å². The molecule has 2 amide bonds. The van der Waals surface area contributed by atoms with Crippen LogP contribution in [0, 0.1) is 5.41 Å². The molecule has 1 atom stereocenters. The predicted molar refractivity (Wildman–Crippen MR) is 91.8 cm³/mol. The van der Waals surface area contributed by atoms with Gasteiger partial charge in [0.15, 0.2) is 0 Å². The van der Waals surface area contributed by atoms with Gasteiger partial charge in [0, 0.05) is 32.3 Å². The molecule has 2 aliphatic rings. The van der Waals surface area contributed by atoms with E-state index < -0.39 is 5.60 Å². The number of ether oxygens (including phenoxy) is 2. The third kappa shape index (κ3) is 4.62. The molecular weight excluding hydrogens is 308 g/mol. The maximum atomic E-state index is 12.3. The first-order valence-electron chi connectivity index (χ1n) is 9.01. The number of amides is 2. The molecule has 0 bridgehead atoms. The maximum Gasteiger partial charge on any atom is 0.410 e. The summed E-state index contributed by atoms with van der Waals surface area (Å²) in [5.41, 5.74) is -0.323. The smallest absolute Gasteiger partial charge is 0.410 e. The predicted octanol–water partition coefficient (Wildman–Crippen LogP) is 2.66. The van der Waals surface area contributed by atoms with Crippen LogP contribution in [0.15, 0.2) is 0 Å². The van der Waals surface area contributed by atoms with Crippen LogP contribution in [0.1, 0.15) is 53.9 Å². The van der Waals surface area contributed by atoms with Gasteiger partial charge in [-0.25, -0.2) is 4.79 Å². The lowest BCUT2D eigenvalue weighted by Crippen LogP contribution is -2.46. The fraction of sp³-hybridized carbons (Fsp3) is 0.889. The molecule has 0 aromatic heterocycles. The van der Waals surface area contributed by atoms with Crippen LogP contribution in [-0.2, 0) is 14.3 Å². The Kier molecular flexibility index (Phi) is 5.78. The van der Waals surface area contributed by atoms with E-state index in [1.807, 2.05) is 32.6 Å². The van der Waals surface area contributed by atoms with E-state index in [-0.39, 0.29) is 30.1 Å². The maximum absolute atomic E-state index is 12.3. The number of carbonyl (C=O) groups excluding carboxylic acids is 2. The second-order valence-corrected chi connectivity index (χ2v) is 8.18. The van der Waals surface area contributed by atoms with Gasteiger partial charge in [0.05, 0.1) is 0 Å². The van der Waals surface area contributed by atoms with Gasteiger partial charge < -0.3 is 19.3 Å². The molecule has 138 valence electrons. The van der Waals surface area contributed by atoms with Crippen molar-refractivity contribution in [2.45, 2.75) is 65.5 Å². The fourth-order valence-electron chi connectivity index (χ4n) is 3.78. The Morgan fingerprint density at radius 3 is 2.38 bits per heavy atom. The molecule has 2 aliphatic heterocycles. The monoisotopic (exact) mass is 340 g/mol. The van der Waals surface area contributed by atoms with E-state index in [4.69, 9.17) is 9.47 Å². The number of rotatable bonds is 3. The highest BCUT2D eigenvalue weighted by Gasteiger charge is 2.46. The first kappa shape index (κ1) is 19.0. The largest absolute Gasteiger partial charge is 0.444 e. The van der Waals surface area contributed by atoms with Crippen molar-refractivity contribution in [3.63, 3.8) is 0 Å². The van der Waals surface area contributed by atoms with Crippen LogP contribution in [0.4, 0.5) is 4.79 Å². The minimum atomic E-state index is -0.462. The molecule has 0 radical (unpaired) electrons. The number of likely N-dealkylation sites (tertiary alicyclic amines) is 2. The van der Waals surface area contributed by atoms with Crippen molar-refractivity contribution in [1.29, 1.82) is 0 Å². The molecule has 2 saturated heterocycles. The fourth-order valence-corrected chi connectivity index (χ4v) is 3.78. The summed E-state index contributed by atoms with van der Waals surface area (Å²) in [6.45, 7) is 12.6. The molecule has 6 heteroatoms. The van der Waals surface area contributed by atoms with Crippen molar-refractivity contribution in [2.24, 2.45) is 5.41 Å². The van der Waals surface area contributed by atoms with Gasteiger partial charge in [-0.15, -0.1) is 0 Å². The van der Waals surface area contributed by atoms with E-state index in [0.29, 0.717) is 19.7 Å². The first-order valence-corrected chi connectivity index (χ1v) is 9.01. The van der Waals surface area contributed by atoms with Gasteiger partial charge in [-0.3, -0.25) is 4.79 Å². The van der Waals surface area contributed by atoms with Crippen LogP contribution in [0.3, 0.4) is 0 Å². The molecule has 1 spiro atoms. The molecule has 0 aromatic carbocycles. The Labute approximate surface area is 145 Å². The molecular formula is C18H32N2O4. The van der Waals surface area contributed by atoms with E-state index in [1.165, 1.54) is 0 Å². The van der Waals surface area contributed by atoms with Crippen molar-refractivity contribution in [1.82, 2.24) is 9.80 Å². The van der Waals surface area contributed by atoms with Gasteiger partial charge in [0.25, 0.3) is 0 Å². The highest BCUT2D eigenvalue weighted by Crippen LogP contribution is 2.43. The second kappa shape index (κ2) is 7.30. The van der Waals surface area contributed by atoms with Gasteiger partial charge in [-0.1, -0.05) is 0 Å². The van der Waals surface area contributed by atoms with Crippen molar-refractivity contribution in [3.05, 3.63) is 0 Å². The van der Waals surface area contributed by atoms with Crippen LogP contribution in [0.2, 0.25) is 0 Å². The average molecular weight is 340 g/mol. The lowest BCUT2D eigenvalue weighted by atomic mass is 9.77. The van der Waals surface area contributed by atoms with Crippen molar-refractivity contribution in [2.75, 3.05) is 32.8 Å². The van der Waals surface area contributed by atoms with E-state index in [1.54, 1.807) is 4.90 Å². The average Bonchev–Trinajstić information content (AvgIpc) is 2.80. The summed E-state index contributed by atoms with van der Waals surface area (Å²) in [5, 5.41) is 0. The van der Waals surface area contributed by atoms with Gasteiger partial charge in [-0.2, -0.15) is 0 Å². The Hall–Kier alpha value is -1.30. The summed E-state index contributed by atoms with van der Waals surface area (Å²) < 4.78 is 10.7. The molecule has 0 unspecified atom stereocenters. The zero-order valence-corrected chi connectivity index (χ0v) is 15.8. The topological polar surface area (TPSA) is 59.1 Å². The standard InChI is InChI=1S/C18H32N2O4/c1-6-23-12-15(21)20-13-18(11-14(20)2)7-9-19(10-8-18)16(22)24-17(3,4)5/h14H,6-13H2,1-5H3/t14-/m0/s1. The van der Waals surface area contributed by atoms with Crippen LogP contribution in [-0.4, -0.2) is 66.3 Å². The van der Waals surface area contributed by atoms with E-state index >= 15 is 0 Å². The van der Waals surface area contributed by atoms with Crippen LogP contribution in [0.5, 0.6) is 0 Å². The van der Waals surface area contributed by atoms with Crippen molar-refractivity contribution >= 4 is 12.0 Å². The lowest BCUT2D eigenvalue weighted by Gasteiger charge is -2.39. The van der Waals surface area contributed by atoms with Gasteiger partial charge in [-0.05, 0) is 59.3 Å². The number of nitrogens with zero attached hydrogens (tertiary/aromatic N) is 2. The second-order valence-electron chi connectivity index (χ2n) is 8.18. The zero-order chi connectivity index (χ0) is 18.0. The van der Waals surface area contributed by atoms with Crippen LogP contribution >= 0.6 is 0 Å². The number of carbonyl (C=O) groups is 2. The third-order valence-corrected chi connectivity index (χ3v) is 4.99. The zero-order valence-electron chi connectivity index (χ0n) is 15.8. The van der Waals surface area contributed by atoms with Gasteiger partial charge in [0.1, 0.15) is 12.2 Å². The summed E-state index contributed by atoms with van der Waals surface area (Å²) >= 11 is 0. The quantitative estimate of drug-likeness (QED) is 0.792. The molecule has 0 aromatic rings. The van der Waals surface area contributed by atoms with E-state index in [2.05, 4.69) is 6.92 Å². The third-order valence-electron chi connectivity index (χ3n) is 4.99. The summed E-state index contributed by atoms with van der Waals surface area (Å²) in [6, 6.07) is 0.242. The molecule has 2 fully saturated rings. The molecule has 0 aliphatic carbocycles. The highest BCUT2D eigenvalue weighted by molar-refractivity contribution is 5.78. The summed E-state index contributed by atoms with van der Waals surface area (Å²) in [7, 11) is 0. The van der Waals surface area contributed by atoms with Gasteiger partial charge in [0.2, 0.25) is 5.91 Å². The number of hydrogen-bond donors (Lipinski definition) is 0. The molecule has 6 nitrogen and oxygen atoms in total. The number of hydrogen-bond acceptors (Lipinski definition) is 4. The molecule has 0 saturated carbocycles. The summed E-state index contributed by atoms with van der Waals surface area (Å²) in [6.07, 6.45) is 2.63. The summed E-state index contributed by atoms with van der Waals surface area (Å²) in [4.78, 5) is 28.2. The molecule has 24 heavy (non-hydrogen) atoms. The van der Waals surface area contributed by atoms with Crippen LogP contribution in [0.25, 0.3) is 0 Å². The normalized spacial score (nSPS) is 23.6. The highest BCUT2D eigenvalue weighted by atomic mass is 16.6. The minimum Gasteiger partial charge on any atom is -0.444 e. The Morgan fingerprint density at radius 1 is 1.21 bits per heavy atom. The minimum absolute atomic E-state index is 0.0794. The first-order chi connectivity index (χ1) is 11.2. The Bertz CT molecular complexity index is 464. The number of piperidine rings is 1. The molecule has 2 rings (SSSR count). The van der Waals surface area contributed by atoms with E-state index in [9.17, 15) is 9.59 Å². The molecule has 0 N–H and O–H groups in total. The SMILES string of the molecule is CCOCC(=O)N1CC2(CCN(C(=O)OC(C)(C)C)CC2)C[C@@H]1C. The van der Waals surface area contributed by atoms with Crippen molar-refractivity contribution in [3.8, 4) is 0 Å².